The number of carbonyl (C=O) groups is 2. The molecule has 4 rings (SSSR count). The number of nitrogens with zero attached hydrogens (tertiary/aromatic N) is 4. The van der Waals surface area contributed by atoms with Gasteiger partial charge in [-0.15, -0.1) is 0 Å². The number of aryl methyl sites for hydroxylation is 2. The Balaban J connectivity index is 1.30. The minimum atomic E-state index is -0.977. The summed E-state index contributed by atoms with van der Waals surface area (Å²) >= 11 is 0. The molecule has 2 N–H and O–H groups in total. The van der Waals surface area contributed by atoms with Gasteiger partial charge in [0.1, 0.15) is 11.7 Å². The van der Waals surface area contributed by atoms with Crippen LogP contribution in [0.15, 0.2) is 30.5 Å². The molecule has 9 nitrogen and oxygen atoms in total. The van der Waals surface area contributed by atoms with E-state index < -0.39 is 11.9 Å². The van der Waals surface area contributed by atoms with Gasteiger partial charge < -0.3 is 25.0 Å². The van der Waals surface area contributed by atoms with Crippen molar-refractivity contribution in [1.29, 1.82) is 0 Å². The lowest BCUT2D eigenvalue weighted by Crippen LogP contribution is -2.36. The van der Waals surface area contributed by atoms with Crippen molar-refractivity contribution >= 4 is 17.8 Å². The lowest BCUT2D eigenvalue weighted by Gasteiger charge is -2.22. The maximum absolute atomic E-state index is 12.8. The average molecular weight is 440 g/mol. The van der Waals surface area contributed by atoms with Crippen molar-refractivity contribution in [1.82, 2.24) is 19.8 Å². The van der Waals surface area contributed by atoms with E-state index in [0.29, 0.717) is 31.1 Å². The normalized spacial score (nSPS) is 16.5. The van der Waals surface area contributed by atoms with Crippen LogP contribution in [0.3, 0.4) is 0 Å². The molecule has 0 saturated carbocycles. The molecule has 2 aromatic rings. The fourth-order valence-corrected chi connectivity index (χ4v) is 4.23. The van der Waals surface area contributed by atoms with Crippen LogP contribution in [-0.2, 0) is 17.6 Å². The van der Waals surface area contributed by atoms with Gasteiger partial charge in [-0.25, -0.2) is 14.8 Å². The third-order valence-corrected chi connectivity index (χ3v) is 6.07. The molecule has 2 aliphatic heterocycles. The second-order valence-corrected chi connectivity index (χ2v) is 8.18. The van der Waals surface area contributed by atoms with Gasteiger partial charge in [0, 0.05) is 50.7 Å². The lowest BCUT2D eigenvalue weighted by molar-refractivity contribution is -0.139. The molecule has 0 bridgehead atoms. The minimum Gasteiger partial charge on any atom is -0.481 e. The van der Waals surface area contributed by atoms with E-state index in [1.807, 2.05) is 0 Å². The van der Waals surface area contributed by atoms with E-state index >= 15 is 0 Å². The molecule has 1 unspecified atom stereocenters. The smallest absolute Gasteiger partial charge is 0.320 e. The molecule has 2 aliphatic rings. The van der Waals surface area contributed by atoms with E-state index in [0.717, 1.165) is 43.7 Å². The number of methoxy groups -OCH3 is 1. The quantitative estimate of drug-likeness (QED) is 0.618. The van der Waals surface area contributed by atoms with E-state index in [1.165, 1.54) is 18.9 Å². The van der Waals surface area contributed by atoms with Gasteiger partial charge in [0.25, 0.3) is 0 Å². The predicted octanol–water partition coefficient (Wildman–Crippen LogP) is 2.38. The molecule has 1 saturated heterocycles. The molecular formula is C23H29N5O4. The number of rotatable bonds is 9. The van der Waals surface area contributed by atoms with Crippen molar-refractivity contribution in [3.05, 3.63) is 47.3 Å². The van der Waals surface area contributed by atoms with Crippen LogP contribution < -0.4 is 10.1 Å². The Morgan fingerprint density at radius 2 is 2.09 bits per heavy atom. The summed E-state index contributed by atoms with van der Waals surface area (Å²) in [7, 11) is 1.51. The Morgan fingerprint density at radius 3 is 2.84 bits per heavy atom. The van der Waals surface area contributed by atoms with Gasteiger partial charge in [-0.3, -0.25) is 4.79 Å². The van der Waals surface area contributed by atoms with Gasteiger partial charge in [-0.05, 0) is 42.9 Å². The number of aromatic nitrogens is 2. The summed E-state index contributed by atoms with van der Waals surface area (Å²) in [6, 6.07) is 7.42. The topological polar surface area (TPSA) is 108 Å². The largest absolute Gasteiger partial charge is 0.481 e. The Kier molecular flexibility index (Phi) is 6.72. The first kappa shape index (κ1) is 21.9. The van der Waals surface area contributed by atoms with Crippen molar-refractivity contribution in [2.45, 2.75) is 31.6 Å². The number of urea groups is 1. The standard InChI is InChI=1S/C23H29N5O4/c1-32-20-9-7-17(14-25-20)19(22(29)30)15-28-13-12-27(23(28)31)11-3-5-18-8-6-16-4-2-10-24-21(16)26-18/h6-9,14,19H,2-5,10-13,15H2,1H3,(H,24,26)(H,29,30). The number of carboxylic acid groups (broad SMARTS) is 1. The van der Waals surface area contributed by atoms with Crippen LogP contribution in [0.2, 0.25) is 0 Å². The summed E-state index contributed by atoms with van der Waals surface area (Å²) in [4.78, 5) is 36.9. The van der Waals surface area contributed by atoms with Crippen molar-refractivity contribution < 1.29 is 19.4 Å². The van der Waals surface area contributed by atoms with Crippen LogP contribution in [0, 0.1) is 0 Å². The fourth-order valence-electron chi connectivity index (χ4n) is 4.23. The molecule has 0 radical (unpaired) electrons. The van der Waals surface area contributed by atoms with Crippen LogP contribution in [0.1, 0.15) is 35.6 Å². The highest BCUT2D eigenvalue weighted by molar-refractivity contribution is 5.80. The molecule has 0 spiro atoms. The molecule has 1 fully saturated rings. The predicted molar refractivity (Wildman–Crippen MR) is 119 cm³/mol. The maximum Gasteiger partial charge on any atom is 0.320 e. The molecule has 0 aromatic carbocycles. The fraction of sp³-hybridized carbons (Fsp3) is 0.478. The Bertz CT molecular complexity index is 965. The number of aliphatic carboxylic acids is 1. The van der Waals surface area contributed by atoms with Crippen LogP contribution in [0.25, 0.3) is 0 Å². The number of amides is 2. The molecule has 1 atom stereocenters. The SMILES string of the molecule is COc1ccc(C(CN2CCN(CCCc3ccc4c(n3)NCCC4)C2=O)C(=O)O)cn1. The summed E-state index contributed by atoms with van der Waals surface area (Å²) in [5, 5.41) is 13.0. The number of nitrogens with one attached hydrogen (secondary N) is 1. The number of pyridine rings is 2. The number of carboxylic acids is 1. The average Bonchev–Trinajstić information content (AvgIpc) is 3.16. The van der Waals surface area contributed by atoms with Crippen LogP contribution in [-0.4, -0.2) is 76.7 Å². The molecule has 4 heterocycles. The van der Waals surface area contributed by atoms with E-state index in [2.05, 4.69) is 22.4 Å². The van der Waals surface area contributed by atoms with Gasteiger partial charge in [-0.1, -0.05) is 12.1 Å². The van der Waals surface area contributed by atoms with E-state index in [1.54, 1.807) is 21.9 Å². The third kappa shape index (κ3) is 4.92. The molecule has 32 heavy (non-hydrogen) atoms. The zero-order valence-electron chi connectivity index (χ0n) is 18.3. The number of ether oxygens (including phenoxy) is 1. The van der Waals surface area contributed by atoms with Gasteiger partial charge in [0.05, 0.1) is 7.11 Å². The minimum absolute atomic E-state index is 0.113. The van der Waals surface area contributed by atoms with Gasteiger partial charge in [-0.2, -0.15) is 0 Å². The van der Waals surface area contributed by atoms with E-state index in [-0.39, 0.29) is 12.6 Å². The second-order valence-electron chi connectivity index (χ2n) is 8.18. The maximum atomic E-state index is 12.8. The summed E-state index contributed by atoms with van der Waals surface area (Å²) in [5.74, 6) is -0.393. The molecule has 2 amide bonds. The number of anilines is 1. The van der Waals surface area contributed by atoms with E-state index in [9.17, 15) is 14.7 Å². The monoisotopic (exact) mass is 439 g/mol. The molecule has 0 aliphatic carbocycles. The number of fused-ring (bicyclic) bond motifs is 1. The molecule has 2 aromatic heterocycles. The highest BCUT2D eigenvalue weighted by Crippen LogP contribution is 2.23. The number of carbonyl (C=O) groups excluding carboxylic acids is 1. The summed E-state index contributed by atoms with van der Waals surface area (Å²) in [6.45, 7) is 2.84. The third-order valence-electron chi connectivity index (χ3n) is 6.07. The first-order chi connectivity index (χ1) is 15.5. The van der Waals surface area contributed by atoms with Gasteiger partial charge >= 0.3 is 12.0 Å². The van der Waals surface area contributed by atoms with Crippen LogP contribution in [0.4, 0.5) is 10.6 Å². The zero-order chi connectivity index (χ0) is 22.5. The Labute approximate surface area is 187 Å². The summed E-state index contributed by atoms with van der Waals surface area (Å²) in [6.07, 6.45) is 5.32. The Morgan fingerprint density at radius 1 is 1.25 bits per heavy atom. The van der Waals surface area contributed by atoms with Crippen molar-refractivity contribution in [2.75, 3.05) is 45.2 Å². The van der Waals surface area contributed by atoms with Crippen LogP contribution in [0.5, 0.6) is 5.88 Å². The lowest BCUT2D eigenvalue weighted by atomic mass is 10.0. The van der Waals surface area contributed by atoms with Crippen molar-refractivity contribution in [2.24, 2.45) is 0 Å². The molecular weight excluding hydrogens is 410 g/mol. The number of hydrogen-bond acceptors (Lipinski definition) is 6. The van der Waals surface area contributed by atoms with E-state index in [4.69, 9.17) is 9.72 Å². The molecule has 9 heteroatoms. The highest BCUT2D eigenvalue weighted by atomic mass is 16.5. The zero-order valence-corrected chi connectivity index (χ0v) is 18.3. The Hall–Kier alpha value is -3.36. The van der Waals surface area contributed by atoms with Crippen molar-refractivity contribution in [3.8, 4) is 5.88 Å². The highest BCUT2D eigenvalue weighted by Gasteiger charge is 2.32. The van der Waals surface area contributed by atoms with Crippen LogP contribution >= 0.6 is 0 Å². The number of hydrogen-bond donors (Lipinski definition) is 2. The molecule has 170 valence electrons. The van der Waals surface area contributed by atoms with Gasteiger partial charge in [0.15, 0.2) is 0 Å². The summed E-state index contributed by atoms with van der Waals surface area (Å²) < 4.78 is 5.03. The second kappa shape index (κ2) is 9.84. The first-order valence-corrected chi connectivity index (χ1v) is 11.0. The van der Waals surface area contributed by atoms with Gasteiger partial charge in [0.2, 0.25) is 5.88 Å². The summed E-state index contributed by atoms with van der Waals surface area (Å²) in [5.41, 5.74) is 2.85. The first-order valence-electron chi connectivity index (χ1n) is 11.0. The van der Waals surface area contributed by atoms with Crippen molar-refractivity contribution in [3.63, 3.8) is 0 Å².